The molecule has 1 N–H and O–H groups in total. The summed E-state index contributed by atoms with van der Waals surface area (Å²) in [5.74, 6) is 0. The number of hydrogen-bond donors (Lipinski definition) is 1. The van der Waals surface area contributed by atoms with Crippen LogP contribution in [0.5, 0.6) is 0 Å². The summed E-state index contributed by atoms with van der Waals surface area (Å²) in [5.41, 5.74) is 0. The van der Waals surface area contributed by atoms with E-state index < -0.39 is 14.6 Å². The van der Waals surface area contributed by atoms with Crippen LogP contribution in [-0.4, -0.2) is 37.5 Å². The lowest BCUT2D eigenvalue weighted by Crippen LogP contribution is -2.27. The molecular formula is C11H21N3O2S2. The van der Waals surface area contributed by atoms with Crippen LogP contribution in [0.3, 0.4) is 0 Å². The predicted octanol–water partition coefficient (Wildman–Crippen LogP) is 1.36. The van der Waals surface area contributed by atoms with Crippen LogP contribution in [0.2, 0.25) is 0 Å². The molecule has 1 aromatic heterocycles. The maximum absolute atomic E-state index is 11.7. The Morgan fingerprint density at radius 2 is 1.94 bits per heavy atom. The van der Waals surface area contributed by atoms with Gasteiger partial charge in [-0.25, -0.2) is 8.42 Å². The predicted molar refractivity (Wildman–Crippen MR) is 74.6 cm³/mol. The highest BCUT2D eigenvalue weighted by atomic mass is 32.2. The van der Waals surface area contributed by atoms with Gasteiger partial charge in [0.15, 0.2) is 9.84 Å². The maximum Gasteiger partial charge on any atom is 0.159 e. The third kappa shape index (κ3) is 3.73. The van der Waals surface area contributed by atoms with Crippen molar-refractivity contribution >= 4 is 21.2 Å². The van der Waals surface area contributed by atoms with E-state index in [2.05, 4.69) is 29.4 Å². The van der Waals surface area contributed by atoms with E-state index in [-0.39, 0.29) is 0 Å². The smallest absolute Gasteiger partial charge is 0.159 e. The second-order valence-corrected chi connectivity index (χ2v) is 8.77. The van der Waals surface area contributed by atoms with Gasteiger partial charge in [0.2, 0.25) is 0 Å². The van der Waals surface area contributed by atoms with E-state index >= 15 is 0 Å². The number of sulfone groups is 1. The highest BCUT2D eigenvalue weighted by molar-refractivity contribution is 7.91. The van der Waals surface area contributed by atoms with Crippen molar-refractivity contribution in [3.05, 3.63) is 10.0 Å². The number of aromatic nitrogens is 2. The molecule has 1 aromatic rings. The lowest BCUT2D eigenvalue weighted by Gasteiger charge is -2.18. The fourth-order valence-corrected chi connectivity index (χ4v) is 3.00. The van der Waals surface area contributed by atoms with Gasteiger partial charge in [0.1, 0.15) is 14.8 Å². The van der Waals surface area contributed by atoms with Crippen LogP contribution in [0.15, 0.2) is 0 Å². The summed E-state index contributed by atoms with van der Waals surface area (Å²) in [6.07, 6.45) is 2.00. The van der Waals surface area contributed by atoms with Gasteiger partial charge in [-0.15, -0.1) is 10.2 Å². The minimum atomic E-state index is -3.18. The van der Waals surface area contributed by atoms with Crippen LogP contribution in [0.1, 0.15) is 37.7 Å². The molecule has 0 radical (unpaired) electrons. The van der Waals surface area contributed by atoms with Crippen LogP contribution < -0.4 is 5.32 Å². The molecule has 5 nitrogen and oxygen atoms in total. The topological polar surface area (TPSA) is 72.0 Å². The average Bonchev–Trinajstić information content (AvgIpc) is 2.64. The van der Waals surface area contributed by atoms with Crippen LogP contribution >= 0.6 is 11.3 Å². The Labute approximate surface area is 113 Å². The van der Waals surface area contributed by atoms with E-state index in [4.69, 9.17) is 0 Å². The fraction of sp³-hybridized carbons (Fsp3) is 0.818. The standard InChI is InChI=1S/C11H21N3O2S2/c1-8(2)12-7-6-9-13-14-10(17-9)11(3,4)18(5,15)16/h8,12H,6-7H2,1-5H3. The van der Waals surface area contributed by atoms with Gasteiger partial charge >= 0.3 is 0 Å². The molecule has 0 amide bonds. The molecule has 0 unspecified atom stereocenters. The van der Waals surface area contributed by atoms with Gasteiger partial charge < -0.3 is 5.32 Å². The molecule has 104 valence electrons. The first-order valence-electron chi connectivity index (χ1n) is 5.90. The van der Waals surface area contributed by atoms with Gasteiger partial charge in [0.05, 0.1) is 0 Å². The minimum Gasteiger partial charge on any atom is -0.314 e. The summed E-state index contributed by atoms with van der Waals surface area (Å²) in [4.78, 5) is 0. The molecule has 18 heavy (non-hydrogen) atoms. The summed E-state index contributed by atoms with van der Waals surface area (Å²) in [7, 11) is -3.18. The second kappa shape index (κ2) is 5.63. The first-order chi connectivity index (χ1) is 8.14. The molecule has 0 aliphatic carbocycles. The molecule has 0 aliphatic rings. The van der Waals surface area contributed by atoms with Crippen molar-refractivity contribution in [3.63, 3.8) is 0 Å². The summed E-state index contributed by atoms with van der Waals surface area (Å²) >= 11 is 1.38. The highest BCUT2D eigenvalue weighted by Gasteiger charge is 2.35. The molecule has 0 aromatic carbocycles. The van der Waals surface area contributed by atoms with Crippen molar-refractivity contribution < 1.29 is 8.42 Å². The molecule has 1 heterocycles. The lowest BCUT2D eigenvalue weighted by atomic mass is 10.2. The van der Waals surface area contributed by atoms with Crippen LogP contribution in [0, 0.1) is 0 Å². The van der Waals surface area contributed by atoms with Crippen molar-refractivity contribution in [2.75, 3.05) is 12.8 Å². The SMILES string of the molecule is CC(C)NCCc1nnc(C(C)(C)S(C)(=O)=O)s1. The molecule has 0 saturated carbocycles. The normalized spacial score (nSPS) is 13.2. The van der Waals surface area contributed by atoms with Gasteiger partial charge in [-0.2, -0.15) is 0 Å². The van der Waals surface area contributed by atoms with Gasteiger partial charge in [0.25, 0.3) is 0 Å². The van der Waals surface area contributed by atoms with E-state index in [9.17, 15) is 8.42 Å². The fourth-order valence-electron chi connectivity index (χ4n) is 1.22. The van der Waals surface area contributed by atoms with Crippen molar-refractivity contribution in [2.24, 2.45) is 0 Å². The Hall–Kier alpha value is -0.530. The van der Waals surface area contributed by atoms with Gasteiger partial charge in [-0.05, 0) is 13.8 Å². The summed E-state index contributed by atoms with van der Waals surface area (Å²) in [6.45, 7) is 8.32. The van der Waals surface area contributed by atoms with Crippen molar-refractivity contribution in [1.29, 1.82) is 0 Å². The Kier molecular flexibility index (Phi) is 4.85. The Morgan fingerprint density at radius 1 is 1.33 bits per heavy atom. The quantitative estimate of drug-likeness (QED) is 0.857. The van der Waals surface area contributed by atoms with E-state index in [1.807, 2.05) is 0 Å². The molecule has 0 bridgehead atoms. The van der Waals surface area contributed by atoms with E-state index in [1.165, 1.54) is 17.6 Å². The molecule has 0 spiro atoms. The summed E-state index contributed by atoms with van der Waals surface area (Å²) in [5, 5.41) is 12.8. The number of nitrogens with one attached hydrogen (secondary N) is 1. The van der Waals surface area contributed by atoms with E-state index in [1.54, 1.807) is 13.8 Å². The maximum atomic E-state index is 11.7. The average molecular weight is 291 g/mol. The zero-order valence-electron chi connectivity index (χ0n) is 11.5. The summed E-state index contributed by atoms with van der Waals surface area (Å²) in [6, 6.07) is 0.435. The third-order valence-electron chi connectivity index (χ3n) is 2.80. The summed E-state index contributed by atoms with van der Waals surface area (Å²) < 4.78 is 22.4. The number of nitrogens with zero attached hydrogens (tertiary/aromatic N) is 2. The molecule has 0 aliphatic heterocycles. The number of hydrogen-bond acceptors (Lipinski definition) is 6. The van der Waals surface area contributed by atoms with Crippen molar-refractivity contribution in [1.82, 2.24) is 15.5 Å². The van der Waals surface area contributed by atoms with Crippen LogP contribution in [0.25, 0.3) is 0 Å². The Bertz CT molecular complexity index is 492. The van der Waals surface area contributed by atoms with Crippen LogP contribution in [-0.2, 0) is 21.0 Å². The minimum absolute atomic E-state index is 0.435. The number of rotatable bonds is 6. The molecule has 7 heteroatoms. The van der Waals surface area contributed by atoms with E-state index in [0.717, 1.165) is 18.0 Å². The van der Waals surface area contributed by atoms with Crippen LogP contribution in [0.4, 0.5) is 0 Å². The largest absolute Gasteiger partial charge is 0.314 e. The lowest BCUT2D eigenvalue weighted by molar-refractivity contribution is 0.558. The van der Waals surface area contributed by atoms with Crippen molar-refractivity contribution in [3.8, 4) is 0 Å². The second-order valence-electron chi connectivity index (χ2n) is 5.14. The first-order valence-corrected chi connectivity index (χ1v) is 8.61. The zero-order chi connectivity index (χ0) is 14.0. The zero-order valence-corrected chi connectivity index (χ0v) is 13.2. The molecular weight excluding hydrogens is 270 g/mol. The first kappa shape index (κ1) is 15.5. The van der Waals surface area contributed by atoms with E-state index in [0.29, 0.717) is 11.0 Å². The third-order valence-corrected chi connectivity index (χ3v) is 6.28. The monoisotopic (exact) mass is 291 g/mol. The van der Waals surface area contributed by atoms with Gasteiger partial charge in [-0.3, -0.25) is 0 Å². The molecule has 0 atom stereocenters. The Morgan fingerprint density at radius 3 is 2.44 bits per heavy atom. The molecule has 0 fully saturated rings. The molecule has 1 rings (SSSR count). The molecule has 0 saturated heterocycles. The van der Waals surface area contributed by atoms with Gasteiger partial charge in [0, 0.05) is 25.3 Å². The Balaban J connectivity index is 2.75. The van der Waals surface area contributed by atoms with Gasteiger partial charge in [-0.1, -0.05) is 25.2 Å². The highest BCUT2D eigenvalue weighted by Crippen LogP contribution is 2.31. The van der Waals surface area contributed by atoms with Crippen molar-refractivity contribution in [2.45, 2.75) is 44.9 Å².